The van der Waals surface area contributed by atoms with Gasteiger partial charge in [-0.25, -0.2) is 0 Å². The predicted molar refractivity (Wildman–Crippen MR) is 136 cm³/mol. The summed E-state index contributed by atoms with van der Waals surface area (Å²) in [4.78, 5) is 37.4. The summed E-state index contributed by atoms with van der Waals surface area (Å²) in [6.45, 7) is 7.83. The van der Waals surface area contributed by atoms with Crippen LogP contribution in [0.5, 0.6) is 0 Å². The van der Waals surface area contributed by atoms with Gasteiger partial charge in [-0.2, -0.15) is 13.2 Å². The summed E-state index contributed by atoms with van der Waals surface area (Å²) in [6, 6.07) is -1.58. The Bertz CT molecular complexity index is 870. The summed E-state index contributed by atoms with van der Waals surface area (Å²) < 4.78 is 45.0. The molecule has 210 valence electrons. The molecule has 3 atom stereocenters. The van der Waals surface area contributed by atoms with E-state index in [9.17, 15) is 27.6 Å². The average Bonchev–Trinajstić information content (AvgIpc) is 3.21. The molecule has 2 rings (SSSR count). The molecule has 2 saturated heterocycles. The second kappa shape index (κ2) is 14.3. The number of hydrogen-bond acceptors (Lipinski definition) is 6. The molecule has 0 radical (unpaired) electrons. The molecule has 0 aromatic heterocycles. The number of aldehydes is 1. The highest BCUT2D eigenvalue weighted by Crippen LogP contribution is 2.39. The zero-order valence-corrected chi connectivity index (χ0v) is 22.2. The van der Waals surface area contributed by atoms with Crippen molar-refractivity contribution in [2.45, 2.75) is 77.2 Å². The van der Waals surface area contributed by atoms with Gasteiger partial charge in [-0.05, 0) is 71.6 Å². The monoisotopic (exact) mass is 530 g/mol. The van der Waals surface area contributed by atoms with Crippen molar-refractivity contribution >= 4 is 18.1 Å². The van der Waals surface area contributed by atoms with Gasteiger partial charge in [-0.3, -0.25) is 14.5 Å². The van der Waals surface area contributed by atoms with Gasteiger partial charge in [0.2, 0.25) is 11.8 Å². The number of likely N-dealkylation sites (tertiary alicyclic amines) is 1. The van der Waals surface area contributed by atoms with Crippen LogP contribution >= 0.6 is 0 Å². The van der Waals surface area contributed by atoms with Gasteiger partial charge in [-0.1, -0.05) is 18.7 Å². The second-order valence-electron chi connectivity index (χ2n) is 9.81. The van der Waals surface area contributed by atoms with Crippen molar-refractivity contribution in [1.82, 2.24) is 9.80 Å². The molecule has 0 aliphatic carbocycles. The number of allylic oxidation sites excluding steroid dienone is 4. The van der Waals surface area contributed by atoms with Gasteiger partial charge in [0.25, 0.3) is 0 Å². The number of primary amides is 1. The summed E-state index contributed by atoms with van der Waals surface area (Å²) in [5, 5.41) is 0. The van der Waals surface area contributed by atoms with Gasteiger partial charge in [0, 0.05) is 19.1 Å². The predicted octanol–water partition coefficient (Wildman–Crippen LogP) is 3.08. The van der Waals surface area contributed by atoms with Crippen LogP contribution in [0.2, 0.25) is 0 Å². The highest BCUT2D eigenvalue weighted by Gasteiger charge is 2.54. The van der Waals surface area contributed by atoms with Gasteiger partial charge in [-0.15, -0.1) is 0 Å². The lowest BCUT2D eigenvalue weighted by molar-refractivity contribution is -0.217. The average molecular weight is 531 g/mol. The maximum Gasteiger partial charge on any atom is 0.402 e. The molecule has 0 aromatic rings. The first kappa shape index (κ1) is 32.4. The summed E-state index contributed by atoms with van der Waals surface area (Å²) in [5.74, 6) is -0.560. The molecule has 2 aliphatic rings. The number of nitrogens with two attached hydrogens (primary N) is 2. The normalized spacial score (nSPS) is 23.6. The number of likely N-dealkylation sites (N-methyl/N-ethyl adjacent to an activating group) is 1. The molecular formula is C26H41F3N4O4. The SMILES string of the molecule is C=C/C=C1/CCCO/C1=C/C.CN1C(CCN(CC(N)C=O)C(=O)C(C)(C)C(F)(F)F)CCC1C(N)=O. The lowest BCUT2D eigenvalue weighted by atomic mass is 9.90. The first-order chi connectivity index (χ1) is 17.2. The number of hydrogen-bond donors (Lipinski definition) is 2. The molecule has 37 heavy (non-hydrogen) atoms. The number of alkyl halides is 3. The molecule has 0 saturated carbocycles. The van der Waals surface area contributed by atoms with Crippen molar-refractivity contribution in [2.24, 2.45) is 16.9 Å². The van der Waals surface area contributed by atoms with Crippen LogP contribution in [-0.4, -0.2) is 78.9 Å². The fourth-order valence-corrected chi connectivity index (χ4v) is 4.33. The first-order valence-electron chi connectivity index (χ1n) is 12.4. The van der Waals surface area contributed by atoms with Gasteiger partial charge in [0.15, 0.2) is 0 Å². The number of amides is 2. The molecule has 2 aliphatic heterocycles. The van der Waals surface area contributed by atoms with Crippen molar-refractivity contribution in [3.8, 4) is 0 Å². The number of ether oxygens (including phenoxy) is 1. The summed E-state index contributed by atoms with van der Waals surface area (Å²) >= 11 is 0. The van der Waals surface area contributed by atoms with Crippen LogP contribution in [-0.2, 0) is 19.1 Å². The van der Waals surface area contributed by atoms with Crippen LogP contribution in [0.4, 0.5) is 13.2 Å². The standard InChI is InChI=1S/C16H27F3N4O3.C10H14O/c1-15(2,16(17,18)19)14(26)23(8-10(20)9-24)7-6-11-4-5-12(13(21)25)22(11)3;1-3-6-9-7-5-8-11-10(9)4-2/h9-12H,4-8,20H2,1-3H3,(H2,21,25);3-4,6H,1,5,7-8H2,2H3/b;9-6-,10-4+. The molecule has 2 fully saturated rings. The third-order valence-electron chi connectivity index (χ3n) is 6.78. The molecule has 0 spiro atoms. The van der Waals surface area contributed by atoms with Crippen molar-refractivity contribution in [3.05, 3.63) is 36.1 Å². The number of carbonyl (C=O) groups is 3. The van der Waals surface area contributed by atoms with E-state index in [1.54, 1.807) is 11.9 Å². The van der Waals surface area contributed by atoms with Crippen LogP contribution in [0, 0.1) is 5.41 Å². The van der Waals surface area contributed by atoms with Crippen LogP contribution < -0.4 is 11.5 Å². The molecule has 0 bridgehead atoms. The largest absolute Gasteiger partial charge is 0.494 e. The van der Waals surface area contributed by atoms with Crippen molar-refractivity contribution < 1.29 is 32.3 Å². The van der Waals surface area contributed by atoms with E-state index < -0.39 is 35.5 Å². The first-order valence-corrected chi connectivity index (χ1v) is 12.4. The fourth-order valence-electron chi connectivity index (χ4n) is 4.33. The van der Waals surface area contributed by atoms with Crippen LogP contribution in [0.3, 0.4) is 0 Å². The maximum atomic E-state index is 13.2. The number of rotatable bonds is 9. The summed E-state index contributed by atoms with van der Waals surface area (Å²) in [5.41, 5.74) is 9.52. The molecular weight excluding hydrogens is 489 g/mol. The van der Waals surface area contributed by atoms with Gasteiger partial charge < -0.3 is 25.9 Å². The Labute approximate surface area is 217 Å². The maximum absolute atomic E-state index is 13.2. The van der Waals surface area contributed by atoms with Gasteiger partial charge in [0.05, 0.1) is 18.7 Å². The van der Waals surface area contributed by atoms with Crippen LogP contribution in [0.15, 0.2) is 36.1 Å². The minimum Gasteiger partial charge on any atom is -0.494 e. The molecule has 8 nitrogen and oxygen atoms in total. The third-order valence-corrected chi connectivity index (χ3v) is 6.78. The van der Waals surface area contributed by atoms with Crippen LogP contribution in [0.25, 0.3) is 0 Å². The summed E-state index contributed by atoms with van der Waals surface area (Å²) in [7, 11) is 1.72. The van der Waals surface area contributed by atoms with E-state index >= 15 is 0 Å². The lowest BCUT2D eigenvalue weighted by Gasteiger charge is -2.35. The zero-order chi connectivity index (χ0) is 28.4. The van der Waals surface area contributed by atoms with Crippen LogP contribution in [0.1, 0.15) is 52.9 Å². The summed E-state index contributed by atoms with van der Waals surface area (Å²) in [6.07, 6.45) is 5.31. The molecule has 11 heteroatoms. The number of nitrogens with zero attached hydrogens (tertiary/aromatic N) is 2. The lowest BCUT2D eigenvalue weighted by Crippen LogP contribution is -2.53. The number of carbonyl (C=O) groups excluding carboxylic acids is 3. The molecule has 2 heterocycles. The Hall–Kier alpha value is -2.66. The molecule has 0 aromatic carbocycles. The zero-order valence-electron chi connectivity index (χ0n) is 22.2. The Morgan fingerprint density at radius 3 is 2.43 bits per heavy atom. The van der Waals surface area contributed by atoms with Gasteiger partial charge in [0.1, 0.15) is 17.5 Å². The smallest absolute Gasteiger partial charge is 0.402 e. The van der Waals surface area contributed by atoms with E-state index in [4.69, 9.17) is 16.2 Å². The highest BCUT2D eigenvalue weighted by molar-refractivity contribution is 5.83. The Kier molecular flexibility index (Phi) is 12.5. The fraction of sp³-hybridized carbons (Fsp3) is 0.654. The van der Waals surface area contributed by atoms with E-state index in [2.05, 4.69) is 6.58 Å². The van der Waals surface area contributed by atoms with E-state index in [1.165, 1.54) is 5.57 Å². The van der Waals surface area contributed by atoms with E-state index in [0.29, 0.717) is 25.5 Å². The second-order valence-corrected chi connectivity index (χ2v) is 9.81. The van der Waals surface area contributed by atoms with E-state index in [1.807, 2.05) is 25.2 Å². The Morgan fingerprint density at radius 2 is 1.95 bits per heavy atom. The molecule has 3 unspecified atom stereocenters. The Morgan fingerprint density at radius 1 is 1.30 bits per heavy atom. The number of halogens is 3. The third kappa shape index (κ3) is 8.99. The quantitative estimate of drug-likeness (QED) is 0.442. The van der Waals surface area contributed by atoms with E-state index in [0.717, 1.165) is 44.0 Å². The molecule has 2 amide bonds. The van der Waals surface area contributed by atoms with Crippen molar-refractivity contribution in [1.29, 1.82) is 0 Å². The highest BCUT2D eigenvalue weighted by atomic mass is 19.4. The Balaban J connectivity index is 0.000000516. The van der Waals surface area contributed by atoms with Gasteiger partial charge >= 0.3 is 6.18 Å². The van der Waals surface area contributed by atoms with Crippen molar-refractivity contribution in [2.75, 3.05) is 26.7 Å². The van der Waals surface area contributed by atoms with Crippen molar-refractivity contribution in [3.63, 3.8) is 0 Å². The molecule has 4 N–H and O–H groups in total. The van der Waals surface area contributed by atoms with E-state index in [-0.39, 0.29) is 19.1 Å². The topological polar surface area (TPSA) is 119 Å². The minimum atomic E-state index is -4.73. The minimum absolute atomic E-state index is 0.000369.